The summed E-state index contributed by atoms with van der Waals surface area (Å²) in [6, 6.07) is 8.73. The average molecular weight is 303 g/mol. The van der Waals surface area contributed by atoms with Gasteiger partial charge in [-0.1, -0.05) is 43.2 Å². The third-order valence-electron chi connectivity index (χ3n) is 4.79. The van der Waals surface area contributed by atoms with Gasteiger partial charge in [-0.2, -0.15) is 0 Å². The number of benzene rings is 1. The lowest BCUT2D eigenvalue weighted by Crippen LogP contribution is -2.46. The van der Waals surface area contributed by atoms with Crippen molar-refractivity contribution >= 4 is 12.1 Å². The number of hydrogen-bond donors (Lipinski definition) is 1. The summed E-state index contributed by atoms with van der Waals surface area (Å²) in [4.78, 5) is 25.4. The van der Waals surface area contributed by atoms with Crippen LogP contribution in [-0.4, -0.2) is 34.2 Å². The summed E-state index contributed by atoms with van der Waals surface area (Å²) < 4.78 is 5.37. The molecule has 1 heterocycles. The van der Waals surface area contributed by atoms with Crippen molar-refractivity contribution in [1.82, 2.24) is 4.90 Å². The van der Waals surface area contributed by atoms with Crippen LogP contribution in [0.3, 0.4) is 0 Å². The van der Waals surface area contributed by atoms with E-state index in [1.165, 1.54) is 4.90 Å². The highest BCUT2D eigenvalue weighted by molar-refractivity contribution is 5.81. The van der Waals surface area contributed by atoms with Crippen LogP contribution in [0.2, 0.25) is 0 Å². The SMILES string of the molecule is O=C(O)[C@H]1C[C@H]2CCCC[C@@H]2N1C(=O)OCc1ccccc1. The second-order valence-electron chi connectivity index (χ2n) is 6.15. The number of likely N-dealkylation sites (tertiary alicyclic amines) is 1. The molecule has 118 valence electrons. The van der Waals surface area contributed by atoms with Gasteiger partial charge in [0.2, 0.25) is 0 Å². The van der Waals surface area contributed by atoms with Gasteiger partial charge in [-0.05, 0) is 30.7 Å². The Kier molecular flexibility index (Phi) is 4.32. The topological polar surface area (TPSA) is 66.8 Å². The lowest BCUT2D eigenvalue weighted by atomic mass is 9.85. The van der Waals surface area contributed by atoms with Gasteiger partial charge < -0.3 is 9.84 Å². The minimum Gasteiger partial charge on any atom is -0.480 e. The van der Waals surface area contributed by atoms with Crippen molar-refractivity contribution in [1.29, 1.82) is 0 Å². The van der Waals surface area contributed by atoms with E-state index in [0.717, 1.165) is 31.2 Å². The van der Waals surface area contributed by atoms with Crippen molar-refractivity contribution in [2.75, 3.05) is 0 Å². The normalized spacial score (nSPS) is 27.3. The Bertz CT molecular complexity index is 545. The van der Waals surface area contributed by atoms with E-state index < -0.39 is 18.1 Å². The standard InChI is InChI=1S/C17H21NO4/c19-16(20)15-10-13-8-4-5-9-14(13)18(15)17(21)22-11-12-6-2-1-3-7-12/h1-3,6-7,13-15H,4-5,8-11H2,(H,19,20)/t13-,14+,15-/m1/s1. The van der Waals surface area contributed by atoms with Gasteiger partial charge in [-0.15, -0.1) is 0 Å². The molecule has 1 saturated heterocycles. The zero-order valence-corrected chi connectivity index (χ0v) is 12.5. The number of ether oxygens (including phenoxy) is 1. The van der Waals surface area contributed by atoms with Crippen molar-refractivity contribution in [3.63, 3.8) is 0 Å². The third kappa shape index (κ3) is 2.93. The molecule has 2 aliphatic rings. The first-order valence-corrected chi connectivity index (χ1v) is 7.88. The van der Waals surface area contributed by atoms with E-state index in [4.69, 9.17) is 4.74 Å². The Hall–Kier alpha value is -2.04. The number of carbonyl (C=O) groups is 2. The molecule has 1 aliphatic heterocycles. The smallest absolute Gasteiger partial charge is 0.411 e. The summed E-state index contributed by atoms with van der Waals surface area (Å²) in [5.74, 6) is -0.620. The highest BCUT2D eigenvalue weighted by atomic mass is 16.6. The van der Waals surface area contributed by atoms with Gasteiger partial charge in [0, 0.05) is 6.04 Å². The van der Waals surface area contributed by atoms with E-state index in [2.05, 4.69) is 0 Å². The monoisotopic (exact) mass is 303 g/mol. The van der Waals surface area contributed by atoms with E-state index in [1.54, 1.807) is 0 Å². The first-order chi connectivity index (χ1) is 10.7. The Morgan fingerprint density at radius 3 is 2.64 bits per heavy atom. The van der Waals surface area contributed by atoms with Crippen LogP contribution >= 0.6 is 0 Å². The van der Waals surface area contributed by atoms with Crippen LogP contribution in [0.1, 0.15) is 37.7 Å². The van der Waals surface area contributed by atoms with E-state index in [9.17, 15) is 14.7 Å². The maximum absolute atomic E-state index is 12.4. The van der Waals surface area contributed by atoms with Crippen LogP contribution in [0, 0.1) is 5.92 Å². The number of amides is 1. The molecule has 1 aromatic rings. The van der Waals surface area contributed by atoms with Crippen molar-refractivity contribution in [3.8, 4) is 0 Å². The molecule has 5 nitrogen and oxygen atoms in total. The molecule has 5 heteroatoms. The Labute approximate surface area is 129 Å². The average Bonchev–Trinajstić information content (AvgIpc) is 2.93. The van der Waals surface area contributed by atoms with Crippen molar-refractivity contribution in [2.45, 2.75) is 50.8 Å². The summed E-state index contributed by atoms with van der Waals surface area (Å²) in [5, 5.41) is 9.42. The quantitative estimate of drug-likeness (QED) is 0.932. The van der Waals surface area contributed by atoms with Crippen LogP contribution < -0.4 is 0 Å². The molecule has 0 spiro atoms. The van der Waals surface area contributed by atoms with Crippen LogP contribution in [0.5, 0.6) is 0 Å². The first-order valence-electron chi connectivity index (χ1n) is 7.88. The van der Waals surface area contributed by atoms with Crippen LogP contribution in [0.4, 0.5) is 4.79 Å². The Morgan fingerprint density at radius 2 is 1.91 bits per heavy atom. The fourth-order valence-electron chi connectivity index (χ4n) is 3.74. The van der Waals surface area contributed by atoms with Gasteiger partial charge in [0.1, 0.15) is 12.6 Å². The molecule has 22 heavy (non-hydrogen) atoms. The zero-order chi connectivity index (χ0) is 15.5. The second-order valence-corrected chi connectivity index (χ2v) is 6.15. The summed E-state index contributed by atoms with van der Waals surface area (Å²) >= 11 is 0. The molecule has 1 aromatic carbocycles. The molecular weight excluding hydrogens is 282 g/mol. The molecule has 0 aromatic heterocycles. The predicted molar refractivity (Wildman–Crippen MR) is 80.3 cm³/mol. The van der Waals surface area contributed by atoms with Gasteiger partial charge in [0.15, 0.2) is 0 Å². The van der Waals surface area contributed by atoms with E-state index in [1.807, 2.05) is 30.3 Å². The zero-order valence-electron chi connectivity index (χ0n) is 12.5. The van der Waals surface area contributed by atoms with Crippen LogP contribution in [-0.2, 0) is 16.1 Å². The molecule has 1 amide bonds. The third-order valence-corrected chi connectivity index (χ3v) is 4.79. The Balaban J connectivity index is 1.69. The van der Waals surface area contributed by atoms with Gasteiger partial charge in [-0.25, -0.2) is 9.59 Å². The molecule has 1 aliphatic carbocycles. The largest absolute Gasteiger partial charge is 0.480 e. The second kappa shape index (κ2) is 6.38. The number of rotatable bonds is 3. The van der Waals surface area contributed by atoms with Gasteiger partial charge in [-0.3, -0.25) is 4.90 Å². The minimum absolute atomic E-state index is 0.0260. The predicted octanol–water partition coefficient (Wildman–Crippen LogP) is 3.04. The molecule has 3 rings (SSSR count). The van der Waals surface area contributed by atoms with Gasteiger partial charge in [0.25, 0.3) is 0 Å². The fraction of sp³-hybridized carbons (Fsp3) is 0.529. The minimum atomic E-state index is -0.925. The number of carbonyl (C=O) groups excluding carboxylic acids is 1. The highest BCUT2D eigenvalue weighted by Crippen LogP contribution is 2.40. The number of fused-ring (bicyclic) bond motifs is 1. The molecule has 0 unspecified atom stereocenters. The molecule has 1 saturated carbocycles. The fourth-order valence-corrected chi connectivity index (χ4v) is 3.74. The van der Waals surface area contributed by atoms with Crippen LogP contribution in [0.25, 0.3) is 0 Å². The lowest BCUT2D eigenvalue weighted by Gasteiger charge is -2.32. The number of nitrogens with zero attached hydrogens (tertiary/aromatic N) is 1. The number of hydrogen-bond acceptors (Lipinski definition) is 3. The highest BCUT2D eigenvalue weighted by Gasteiger charge is 2.48. The molecule has 1 N–H and O–H groups in total. The van der Waals surface area contributed by atoms with Crippen LogP contribution in [0.15, 0.2) is 30.3 Å². The number of aliphatic carboxylic acids is 1. The molecule has 2 fully saturated rings. The van der Waals surface area contributed by atoms with E-state index in [-0.39, 0.29) is 12.6 Å². The van der Waals surface area contributed by atoms with E-state index >= 15 is 0 Å². The summed E-state index contributed by atoms with van der Waals surface area (Å²) in [5.41, 5.74) is 0.905. The number of carboxylic acids is 1. The first kappa shape index (κ1) is 14.9. The molecule has 3 atom stereocenters. The summed E-state index contributed by atoms with van der Waals surface area (Å²) in [6.07, 6.45) is 4.13. The van der Waals surface area contributed by atoms with Crippen molar-refractivity contribution < 1.29 is 19.4 Å². The molecular formula is C17H21NO4. The Morgan fingerprint density at radius 1 is 1.18 bits per heavy atom. The number of carboxylic acid groups (broad SMARTS) is 1. The van der Waals surface area contributed by atoms with E-state index in [0.29, 0.717) is 12.3 Å². The maximum Gasteiger partial charge on any atom is 0.411 e. The molecule has 0 radical (unpaired) electrons. The molecule has 0 bridgehead atoms. The lowest BCUT2D eigenvalue weighted by molar-refractivity contribution is -0.142. The van der Waals surface area contributed by atoms with Crippen molar-refractivity contribution in [3.05, 3.63) is 35.9 Å². The van der Waals surface area contributed by atoms with Gasteiger partial charge in [0.05, 0.1) is 0 Å². The maximum atomic E-state index is 12.4. The summed E-state index contributed by atoms with van der Waals surface area (Å²) in [7, 11) is 0. The van der Waals surface area contributed by atoms with Gasteiger partial charge >= 0.3 is 12.1 Å². The van der Waals surface area contributed by atoms with Crippen molar-refractivity contribution in [2.24, 2.45) is 5.92 Å². The summed E-state index contributed by atoms with van der Waals surface area (Å²) in [6.45, 7) is 0.180.